The van der Waals surface area contributed by atoms with Crippen molar-refractivity contribution in [2.45, 2.75) is 33.1 Å². The molecule has 0 bridgehead atoms. The Balaban J connectivity index is 2.88. The monoisotopic (exact) mass is 283 g/mol. The van der Waals surface area contributed by atoms with Crippen LogP contribution < -0.4 is 4.90 Å². The van der Waals surface area contributed by atoms with Crippen LogP contribution in [-0.4, -0.2) is 12.5 Å². The first-order chi connectivity index (χ1) is 7.69. The molecule has 0 aliphatic carbocycles. The number of carbonyl (C=O) groups is 1. The van der Waals surface area contributed by atoms with E-state index >= 15 is 0 Å². The lowest BCUT2D eigenvalue weighted by Crippen LogP contribution is -2.31. The van der Waals surface area contributed by atoms with Gasteiger partial charge in [-0.15, -0.1) is 0 Å². The van der Waals surface area contributed by atoms with Gasteiger partial charge in [-0.1, -0.05) is 35.8 Å². The molecule has 0 spiro atoms. The minimum Gasteiger partial charge on any atom is -0.312 e. The highest BCUT2D eigenvalue weighted by molar-refractivity contribution is 9.10. The van der Waals surface area contributed by atoms with Crippen LogP contribution in [0.15, 0.2) is 28.7 Å². The van der Waals surface area contributed by atoms with Crippen molar-refractivity contribution in [3.05, 3.63) is 28.7 Å². The van der Waals surface area contributed by atoms with Gasteiger partial charge in [0, 0.05) is 23.1 Å². The highest BCUT2D eigenvalue weighted by Gasteiger charge is 2.13. The summed E-state index contributed by atoms with van der Waals surface area (Å²) < 4.78 is 1.01. The Morgan fingerprint density at radius 3 is 2.62 bits per heavy atom. The van der Waals surface area contributed by atoms with Gasteiger partial charge in [-0.2, -0.15) is 0 Å². The van der Waals surface area contributed by atoms with Gasteiger partial charge < -0.3 is 4.90 Å². The van der Waals surface area contributed by atoms with Gasteiger partial charge in [-0.3, -0.25) is 4.79 Å². The normalized spacial score (nSPS) is 10.2. The van der Waals surface area contributed by atoms with Crippen LogP contribution in [0.25, 0.3) is 0 Å². The second kappa shape index (κ2) is 6.69. The van der Waals surface area contributed by atoms with Crippen molar-refractivity contribution < 1.29 is 4.79 Å². The van der Waals surface area contributed by atoms with Crippen LogP contribution in [0.3, 0.4) is 0 Å². The van der Waals surface area contributed by atoms with E-state index in [2.05, 4.69) is 22.9 Å². The average Bonchev–Trinajstić information content (AvgIpc) is 2.26. The van der Waals surface area contributed by atoms with Gasteiger partial charge in [0.1, 0.15) is 0 Å². The van der Waals surface area contributed by atoms with Gasteiger partial charge in [-0.25, -0.2) is 0 Å². The Hall–Kier alpha value is -0.830. The maximum absolute atomic E-state index is 12.0. The van der Waals surface area contributed by atoms with Gasteiger partial charge >= 0.3 is 0 Å². The first-order valence-corrected chi connectivity index (χ1v) is 6.54. The maximum Gasteiger partial charge on any atom is 0.226 e. The van der Waals surface area contributed by atoms with Gasteiger partial charge in [0.15, 0.2) is 0 Å². The molecule has 0 heterocycles. The largest absolute Gasteiger partial charge is 0.312 e. The molecule has 88 valence electrons. The van der Waals surface area contributed by atoms with Crippen LogP contribution in [0.4, 0.5) is 5.69 Å². The van der Waals surface area contributed by atoms with E-state index in [0.29, 0.717) is 6.42 Å². The van der Waals surface area contributed by atoms with E-state index in [1.54, 1.807) is 0 Å². The van der Waals surface area contributed by atoms with E-state index < -0.39 is 0 Å². The van der Waals surface area contributed by atoms with Crippen molar-refractivity contribution in [3.8, 4) is 0 Å². The highest BCUT2D eigenvalue weighted by atomic mass is 79.9. The van der Waals surface area contributed by atoms with E-state index in [0.717, 1.165) is 29.5 Å². The Kier molecular flexibility index (Phi) is 5.53. The van der Waals surface area contributed by atoms with Crippen LogP contribution in [-0.2, 0) is 4.79 Å². The summed E-state index contributed by atoms with van der Waals surface area (Å²) >= 11 is 3.43. The molecule has 0 unspecified atom stereocenters. The van der Waals surface area contributed by atoms with E-state index in [4.69, 9.17) is 0 Å². The number of halogens is 1. The number of benzene rings is 1. The molecule has 1 rings (SSSR count). The minimum absolute atomic E-state index is 0.211. The summed E-state index contributed by atoms with van der Waals surface area (Å²) in [6.45, 7) is 4.91. The topological polar surface area (TPSA) is 20.3 Å². The maximum atomic E-state index is 12.0. The summed E-state index contributed by atoms with van der Waals surface area (Å²) in [6.07, 6.45) is 2.49. The van der Waals surface area contributed by atoms with E-state index in [-0.39, 0.29) is 5.91 Å². The Bertz CT molecular complexity index is 352. The molecule has 0 saturated carbocycles. The predicted molar refractivity (Wildman–Crippen MR) is 71.7 cm³/mol. The Labute approximate surface area is 106 Å². The lowest BCUT2D eigenvalue weighted by atomic mass is 10.2. The second-order valence-corrected chi connectivity index (χ2v) is 4.69. The van der Waals surface area contributed by atoms with E-state index in [9.17, 15) is 4.79 Å². The van der Waals surface area contributed by atoms with Crippen molar-refractivity contribution in [2.75, 3.05) is 11.4 Å². The van der Waals surface area contributed by atoms with Gasteiger partial charge in [-0.05, 0) is 31.0 Å². The molecule has 0 N–H and O–H groups in total. The molecule has 1 aromatic carbocycles. The number of hydrogen-bond donors (Lipinski definition) is 0. The molecule has 0 aromatic heterocycles. The highest BCUT2D eigenvalue weighted by Crippen LogP contribution is 2.21. The third kappa shape index (κ3) is 3.63. The minimum atomic E-state index is 0.211. The van der Waals surface area contributed by atoms with Gasteiger partial charge in [0.05, 0.1) is 0 Å². The zero-order valence-corrected chi connectivity index (χ0v) is 11.5. The predicted octanol–water partition coefficient (Wildman–Crippen LogP) is 3.99. The number of amides is 1. The lowest BCUT2D eigenvalue weighted by molar-refractivity contribution is -0.118. The van der Waals surface area contributed by atoms with Crippen molar-refractivity contribution in [1.82, 2.24) is 0 Å². The van der Waals surface area contributed by atoms with Gasteiger partial charge in [0.2, 0.25) is 5.91 Å². The standard InChI is InChI=1S/C13H18BrNO/c1-3-6-13(16)15(9-4-2)12-8-5-7-11(14)10-12/h5,7-8,10H,3-4,6,9H2,1-2H3. The first kappa shape index (κ1) is 13.2. The van der Waals surface area contributed by atoms with E-state index in [1.165, 1.54) is 0 Å². The molecule has 0 aliphatic rings. The van der Waals surface area contributed by atoms with Gasteiger partial charge in [0.25, 0.3) is 0 Å². The number of carbonyl (C=O) groups excluding carboxylic acids is 1. The SMILES string of the molecule is CCCC(=O)N(CCC)c1cccc(Br)c1. The number of rotatable bonds is 5. The van der Waals surface area contributed by atoms with Crippen LogP contribution in [0.5, 0.6) is 0 Å². The molecule has 16 heavy (non-hydrogen) atoms. The summed E-state index contributed by atoms with van der Waals surface area (Å²) in [5, 5.41) is 0. The Morgan fingerprint density at radius 1 is 1.31 bits per heavy atom. The molecule has 0 atom stereocenters. The first-order valence-electron chi connectivity index (χ1n) is 5.75. The summed E-state index contributed by atoms with van der Waals surface area (Å²) in [5.74, 6) is 0.211. The van der Waals surface area contributed by atoms with Crippen molar-refractivity contribution in [1.29, 1.82) is 0 Å². The smallest absolute Gasteiger partial charge is 0.226 e. The summed E-state index contributed by atoms with van der Waals surface area (Å²) in [4.78, 5) is 13.8. The van der Waals surface area contributed by atoms with Crippen LogP contribution >= 0.6 is 15.9 Å². The number of hydrogen-bond acceptors (Lipinski definition) is 1. The van der Waals surface area contributed by atoms with Crippen molar-refractivity contribution in [2.24, 2.45) is 0 Å². The fourth-order valence-electron chi connectivity index (χ4n) is 1.61. The lowest BCUT2D eigenvalue weighted by Gasteiger charge is -2.22. The van der Waals surface area contributed by atoms with Crippen LogP contribution in [0.1, 0.15) is 33.1 Å². The second-order valence-electron chi connectivity index (χ2n) is 3.78. The summed E-state index contributed by atoms with van der Waals surface area (Å²) in [7, 11) is 0. The Morgan fingerprint density at radius 2 is 2.06 bits per heavy atom. The van der Waals surface area contributed by atoms with Crippen LogP contribution in [0, 0.1) is 0 Å². The molecule has 1 amide bonds. The molecular weight excluding hydrogens is 266 g/mol. The molecule has 2 nitrogen and oxygen atoms in total. The third-order valence-corrected chi connectivity index (χ3v) is 2.83. The van der Waals surface area contributed by atoms with Crippen molar-refractivity contribution in [3.63, 3.8) is 0 Å². The number of nitrogens with zero attached hydrogens (tertiary/aromatic N) is 1. The third-order valence-electron chi connectivity index (χ3n) is 2.33. The van der Waals surface area contributed by atoms with E-state index in [1.807, 2.05) is 36.1 Å². The fraction of sp³-hybridized carbons (Fsp3) is 0.462. The molecule has 1 aromatic rings. The summed E-state index contributed by atoms with van der Waals surface area (Å²) in [6, 6.07) is 7.90. The molecule has 3 heteroatoms. The molecule has 0 fully saturated rings. The number of anilines is 1. The summed E-state index contributed by atoms with van der Waals surface area (Å²) in [5.41, 5.74) is 0.981. The molecule has 0 radical (unpaired) electrons. The van der Waals surface area contributed by atoms with Crippen LogP contribution in [0.2, 0.25) is 0 Å². The zero-order chi connectivity index (χ0) is 12.0. The zero-order valence-electron chi connectivity index (χ0n) is 9.87. The molecule has 0 aliphatic heterocycles. The fourth-order valence-corrected chi connectivity index (χ4v) is 2.00. The van der Waals surface area contributed by atoms with Crippen molar-refractivity contribution >= 4 is 27.5 Å². The average molecular weight is 284 g/mol. The molecule has 0 saturated heterocycles. The molecular formula is C13H18BrNO. The quantitative estimate of drug-likeness (QED) is 0.800.